The highest BCUT2D eigenvalue weighted by molar-refractivity contribution is 6.36. The number of ketones is 1. The fraction of sp³-hybridized carbons (Fsp3) is 0.786. The smallest absolute Gasteiger partial charge is 0.407 e. The lowest BCUT2D eigenvalue weighted by atomic mass is 10.1. The Morgan fingerprint density at radius 1 is 1.00 bits per heavy atom. The molecule has 0 atom stereocenters. The van der Waals surface area contributed by atoms with Crippen molar-refractivity contribution in [3.63, 3.8) is 0 Å². The number of amides is 2. The van der Waals surface area contributed by atoms with Gasteiger partial charge in [-0.2, -0.15) is 0 Å². The molecule has 0 saturated carbocycles. The number of ether oxygens (including phenoxy) is 1. The van der Waals surface area contributed by atoms with Gasteiger partial charge in [-0.05, 0) is 33.6 Å². The molecule has 2 amide bonds. The van der Waals surface area contributed by atoms with Crippen LogP contribution in [0.3, 0.4) is 0 Å². The van der Waals surface area contributed by atoms with Crippen LogP contribution in [-0.2, 0) is 14.3 Å². The summed E-state index contributed by atoms with van der Waals surface area (Å²) in [6, 6.07) is 0. The predicted octanol–water partition coefficient (Wildman–Crippen LogP) is 1.78. The van der Waals surface area contributed by atoms with E-state index in [2.05, 4.69) is 10.6 Å². The number of alkyl carbamates (subject to hydrolysis) is 1. The minimum atomic E-state index is -0.531. The first-order valence-electron chi connectivity index (χ1n) is 6.98. The fourth-order valence-electron chi connectivity index (χ4n) is 1.52. The summed E-state index contributed by atoms with van der Waals surface area (Å²) in [5, 5.41) is 4.98. The van der Waals surface area contributed by atoms with Crippen molar-refractivity contribution < 1.29 is 19.1 Å². The van der Waals surface area contributed by atoms with E-state index in [0.29, 0.717) is 13.0 Å². The van der Waals surface area contributed by atoms with E-state index >= 15 is 0 Å². The van der Waals surface area contributed by atoms with Gasteiger partial charge in [-0.1, -0.05) is 12.8 Å². The van der Waals surface area contributed by atoms with Gasteiger partial charge in [0.05, 0.1) is 0 Å². The summed E-state index contributed by atoms with van der Waals surface area (Å²) in [5.41, 5.74) is -0.482. The summed E-state index contributed by atoms with van der Waals surface area (Å²) < 4.78 is 5.10. The monoisotopic (exact) mass is 286 g/mol. The minimum absolute atomic E-state index is 0.277. The SMILES string of the molecule is CNC(=O)C(=O)CCCCCCNC(=O)OC(C)(C)C. The van der Waals surface area contributed by atoms with Gasteiger partial charge in [0.15, 0.2) is 0 Å². The Labute approximate surface area is 120 Å². The number of nitrogens with one attached hydrogen (secondary N) is 2. The van der Waals surface area contributed by atoms with Gasteiger partial charge in [0.1, 0.15) is 5.60 Å². The molecule has 0 bridgehead atoms. The van der Waals surface area contributed by atoms with Crippen LogP contribution in [0, 0.1) is 0 Å². The molecule has 0 radical (unpaired) electrons. The lowest BCUT2D eigenvalue weighted by Crippen LogP contribution is -2.32. The molecular formula is C14H26N2O4. The van der Waals surface area contributed by atoms with Crippen molar-refractivity contribution in [1.29, 1.82) is 0 Å². The van der Waals surface area contributed by atoms with Crippen molar-refractivity contribution in [3.8, 4) is 0 Å². The van der Waals surface area contributed by atoms with Crippen LogP contribution in [0.15, 0.2) is 0 Å². The third kappa shape index (κ3) is 10.3. The topological polar surface area (TPSA) is 84.5 Å². The molecule has 0 aromatic heterocycles. The summed E-state index contributed by atoms with van der Waals surface area (Å²) in [7, 11) is 1.45. The van der Waals surface area contributed by atoms with E-state index in [-0.39, 0.29) is 12.2 Å². The summed E-state index contributed by atoms with van der Waals surface area (Å²) in [6.07, 6.45) is 3.15. The molecule has 0 unspecified atom stereocenters. The molecule has 0 rings (SSSR count). The molecule has 0 saturated heterocycles. The second-order valence-electron chi connectivity index (χ2n) is 5.60. The first-order valence-corrected chi connectivity index (χ1v) is 6.98. The Balaban J connectivity index is 3.48. The number of carbonyl (C=O) groups is 3. The first kappa shape index (κ1) is 18.4. The van der Waals surface area contributed by atoms with Crippen LogP contribution in [0.2, 0.25) is 0 Å². The number of carbonyl (C=O) groups excluding carboxylic acids is 3. The summed E-state index contributed by atoms with van der Waals surface area (Å²) in [4.78, 5) is 33.5. The van der Waals surface area contributed by atoms with Crippen molar-refractivity contribution in [1.82, 2.24) is 10.6 Å². The first-order chi connectivity index (χ1) is 9.26. The van der Waals surface area contributed by atoms with Gasteiger partial charge in [-0.25, -0.2) is 4.79 Å². The molecule has 20 heavy (non-hydrogen) atoms. The molecule has 0 fully saturated rings. The van der Waals surface area contributed by atoms with Crippen LogP contribution < -0.4 is 10.6 Å². The van der Waals surface area contributed by atoms with E-state index in [1.807, 2.05) is 20.8 Å². The maximum Gasteiger partial charge on any atom is 0.407 e. The number of hydrogen-bond donors (Lipinski definition) is 2. The van der Waals surface area contributed by atoms with Gasteiger partial charge in [-0.15, -0.1) is 0 Å². The highest BCUT2D eigenvalue weighted by atomic mass is 16.6. The van der Waals surface area contributed by atoms with E-state index in [0.717, 1.165) is 19.3 Å². The average Bonchev–Trinajstić information content (AvgIpc) is 2.34. The van der Waals surface area contributed by atoms with E-state index in [1.54, 1.807) is 0 Å². The van der Waals surface area contributed by atoms with Crippen LogP contribution >= 0.6 is 0 Å². The van der Waals surface area contributed by atoms with Gasteiger partial charge >= 0.3 is 6.09 Å². The van der Waals surface area contributed by atoms with Crippen molar-refractivity contribution in [3.05, 3.63) is 0 Å². The minimum Gasteiger partial charge on any atom is -0.444 e. The molecule has 0 aliphatic rings. The molecule has 0 aromatic carbocycles. The van der Waals surface area contributed by atoms with E-state index in [1.165, 1.54) is 7.05 Å². The summed E-state index contributed by atoms with van der Waals surface area (Å²) in [6.45, 7) is 6.00. The average molecular weight is 286 g/mol. The molecule has 6 nitrogen and oxygen atoms in total. The van der Waals surface area contributed by atoms with E-state index in [4.69, 9.17) is 4.74 Å². The number of hydrogen-bond acceptors (Lipinski definition) is 4. The predicted molar refractivity (Wildman–Crippen MR) is 76.4 cm³/mol. The Kier molecular flexibility index (Phi) is 8.59. The molecule has 116 valence electrons. The molecule has 2 N–H and O–H groups in total. The zero-order valence-corrected chi connectivity index (χ0v) is 12.9. The Morgan fingerprint density at radius 3 is 2.15 bits per heavy atom. The largest absolute Gasteiger partial charge is 0.444 e. The quantitative estimate of drug-likeness (QED) is 0.526. The maximum absolute atomic E-state index is 11.3. The van der Waals surface area contributed by atoms with Gasteiger partial charge in [0, 0.05) is 20.0 Å². The van der Waals surface area contributed by atoms with Gasteiger partial charge in [0.25, 0.3) is 5.91 Å². The van der Waals surface area contributed by atoms with Gasteiger partial charge < -0.3 is 15.4 Å². The van der Waals surface area contributed by atoms with Crippen LogP contribution in [0.4, 0.5) is 4.79 Å². The number of rotatable bonds is 8. The summed E-state index contributed by atoms with van der Waals surface area (Å²) >= 11 is 0. The third-order valence-electron chi connectivity index (χ3n) is 2.48. The molecule has 6 heteroatoms. The lowest BCUT2D eigenvalue weighted by molar-refractivity contribution is -0.137. The second kappa shape index (κ2) is 9.34. The molecular weight excluding hydrogens is 260 g/mol. The number of unbranched alkanes of at least 4 members (excludes halogenated alkanes) is 3. The highest BCUT2D eigenvalue weighted by Gasteiger charge is 2.15. The molecule has 0 aliphatic carbocycles. The Morgan fingerprint density at radius 2 is 1.60 bits per heavy atom. The fourth-order valence-corrected chi connectivity index (χ4v) is 1.52. The van der Waals surface area contributed by atoms with Crippen LogP contribution in [0.5, 0.6) is 0 Å². The molecule has 0 aliphatic heterocycles. The van der Waals surface area contributed by atoms with Crippen LogP contribution in [-0.4, -0.2) is 37.0 Å². The van der Waals surface area contributed by atoms with Crippen molar-refractivity contribution >= 4 is 17.8 Å². The van der Waals surface area contributed by atoms with Gasteiger partial charge in [0.2, 0.25) is 5.78 Å². The highest BCUT2D eigenvalue weighted by Crippen LogP contribution is 2.07. The third-order valence-corrected chi connectivity index (χ3v) is 2.48. The Hall–Kier alpha value is -1.59. The van der Waals surface area contributed by atoms with Crippen LogP contribution in [0.25, 0.3) is 0 Å². The normalized spacial score (nSPS) is 10.8. The van der Waals surface area contributed by atoms with E-state index in [9.17, 15) is 14.4 Å². The van der Waals surface area contributed by atoms with Crippen molar-refractivity contribution in [2.75, 3.05) is 13.6 Å². The van der Waals surface area contributed by atoms with Crippen molar-refractivity contribution in [2.45, 2.75) is 58.5 Å². The lowest BCUT2D eigenvalue weighted by Gasteiger charge is -2.19. The molecule has 0 heterocycles. The number of Topliss-reactive ketones (excluding diaryl/α,β-unsaturated/α-hetero) is 1. The van der Waals surface area contributed by atoms with Gasteiger partial charge in [-0.3, -0.25) is 9.59 Å². The zero-order valence-electron chi connectivity index (χ0n) is 12.9. The standard InChI is InChI=1S/C14H26N2O4/c1-14(2,3)20-13(19)16-10-8-6-5-7-9-11(17)12(18)15-4/h5-10H2,1-4H3,(H,15,18)(H,16,19). The number of likely N-dealkylation sites (N-methyl/N-ethyl adjacent to an activating group) is 1. The Bertz CT molecular complexity index is 335. The van der Waals surface area contributed by atoms with Crippen LogP contribution in [0.1, 0.15) is 52.9 Å². The molecule has 0 spiro atoms. The summed E-state index contributed by atoms with van der Waals surface area (Å²) in [5.74, 6) is -0.907. The maximum atomic E-state index is 11.3. The second-order valence-corrected chi connectivity index (χ2v) is 5.60. The molecule has 0 aromatic rings. The zero-order chi connectivity index (χ0) is 15.6. The van der Waals surface area contributed by atoms with E-state index < -0.39 is 17.6 Å². The van der Waals surface area contributed by atoms with Crippen molar-refractivity contribution in [2.24, 2.45) is 0 Å².